The van der Waals surface area contributed by atoms with Gasteiger partial charge in [0.2, 0.25) is 0 Å². The smallest absolute Gasteiger partial charge is 0.252 e. The topological polar surface area (TPSA) is 45.5 Å². The Kier molecular flexibility index (Phi) is 6.17. The summed E-state index contributed by atoms with van der Waals surface area (Å²) in [7, 11) is 0. The normalized spacial score (nSPS) is 16.1. The molecule has 0 saturated carbocycles. The first-order valence-corrected chi connectivity index (χ1v) is 9.92. The fourth-order valence-electron chi connectivity index (χ4n) is 3.41. The van der Waals surface area contributed by atoms with E-state index in [1.54, 1.807) is 0 Å². The van der Waals surface area contributed by atoms with Crippen molar-refractivity contribution in [1.29, 1.82) is 0 Å². The summed E-state index contributed by atoms with van der Waals surface area (Å²) in [6.07, 6.45) is 2.25. The third-order valence-electron chi connectivity index (χ3n) is 4.91. The minimum atomic E-state index is 0.0388. The molecule has 2 aromatic rings. The number of benzene rings is 1. The minimum absolute atomic E-state index is 0.0388. The van der Waals surface area contributed by atoms with Gasteiger partial charge in [0, 0.05) is 22.2 Å². The molecule has 1 aromatic heterocycles. The lowest BCUT2D eigenvalue weighted by atomic mass is 9.96. The van der Waals surface area contributed by atoms with Crippen molar-refractivity contribution in [2.45, 2.75) is 33.2 Å². The Bertz CT molecular complexity index is 733. The largest absolute Gasteiger partial charge is 0.466 e. The van der Waals surface area contributed by atoms with Crippen molar-refractivity contribution in [2.24, 2.45) is 5.92 Å². The average molecular weight is 452 g/mol. The molecule has 1 aromatic carbocycles. The Morgan fingerprint density at radius 3 is 2.64 bits per heavy atom. The fraction of sp³-hybridized carbons (Fsp3) is 0.450. The second-order valence-electron chi connectivity index (χ2n) is 6.85. The molecule has 3 rings (SSSR count). The third-order valence-corrected chi connectivity index (χ3v) is 5.86. The van der Waals surface area contributed by atoms with Gasteiger partial charge in [0.05, 0.1) is 5.56 Å². The van der Waals surface area contributed by atoms with Gasteiger partial charge in [0.25, 0.3) is 5.91 Å². The number of rotatable bonds is 5. The van der Waals surface area contributed by atoms with E-state index in [1.807, 2.05) is 38.1 Å². The van der Waals surface area contributed by atoms with Crippen LogP contribution in [0.5, 0.6) is 0 Å². The molecule has 2 heterocycles. The van der Waals surface area contributed by atoms with Gasteiger partial charge in [-0.25, -0.2) is 0 Å². The Labute approximate surface area is 163 Å². The molecule has 134 valence electrons. The lowest BCUT2D eigenvalue weighted by Crippen LogP contribution is -2.38. The zero-order chi connectivity index (χ0) is 17.8. The predicted molar refractivity (Wildman–Crippen MR) is 108 cm³/mol. The molecule has 0 bridgehead atoms. The van der Waals surface area contributed by atoms with Crippen molar-refractivity contribution in [3.05, 3.63) is 56.5 Å². The highest BCUT2D eigenvalue weighted by Gasteiger charge is 2.21. The maximum absolute atomic E-state index is 12.3. The first-order chi connectivity index (χ1) is 12.0. The molecule has 0 radical (unpaired) electrons. The van der Waals surface area contributed by atoms with Gasteiger partial charge < -0.3 is 9.73 Å². The van der Waals surface area contributed by atoms with Gasteiger partial charge in [-0.3, -0.25) is 9.69 Å². The summed E-state index contributed by atoms with van der Waals surface area (Å²) in [5.74, 6) is 2.62. The van der Waals surface area contributed by atoms with E-state index < -0.39 is 0 Å². The van der Waals surface area contributed by atoms with E-state index in [0.29, 0.717) is 5.92 Å². The van der Waals surface area contributed by atoms with Crippen LogP contribution in [0.3, 0.4) is 0 Å². The lowest BCUT2D eigenvalue weighted by molar-refractivity contribution is 0.0934. The molecule has 25 heavy (non-hydrogen) atoms. The van der Waals surface area contributed by atoms with Gasteiger partial charge in [-0.1, -0.05) is 12.1 Å². The zero-order valence-electron chi connectivity index (χ0n) is 14.8. The molecule has 5 heteroatoms. The maximum Gasteiger partial charge on any atom is 0.252 e. The van der Waals surface area contributed by atoms with Crippen LogP contribution in [0.15, 0.2) is 34.7 Å². The van der Waals surface area contributed by atoms with Crippen molar-refractivity contribution in [1.82, 2.24) is 10.2 Å². The summed E-state index contributed by atoms with van der Waals surface area (Å²) < 4.78 is 6.62. The summed E-state index contributed by atoms with van der Waals surface area (Å²) in [6.45, 7) is 7.92. The van der Waals surface area contributed by atoms with Gasteiger partial charge in [-0.2, -0.15) is 0 Å². The molecular weight excluding hydrogens is 427 g/mol. The van der Waals surface area contributed by atoms with Crippen molar-refractivity contribution in [3.63, 3.8) is 0 Å². The van der Waals surface area contributed by atoms with Crippen LogP contribution in [-0.4, -0.2) is 30.4 Å². The second-order valence-corrected chi connectivity index (χ2v) is 8.01. The standard InChI is InChI=1S/C20H25IN2O2/c1-14-11-17(15(2)25-14)13-23-9-7-16(8-10-23)12-22-20(24)18-5-3-4-6-19(18)21/h3-6,11,16H,7-10,12-13H2,1-2H3,(H,22,24). The number of likely N-dealkylation sites (tertiary alicyclic amines) is 1. The second kappa shape index (κ2) is 8.36. The number of nitrogens with one attached hydrogen (secondary N) is 1. The molecule has 1 N–H and O–H groups in total. The van der Waals surface area contributed by atoms with Crippen molar-refractivity contribution >= 4 is 28.5 Å². The van der Waals surface area contributed by atoms with Crippen molar-refractivity contribution < 1.29 is 9.21 Å². The number of amides is 1. The molecule has 4 nitrogen and oxygen atoms in total. The highest BCUT2D eigenvalue weighted by atomic mass is 127. The molecule has 0 unspecified atom stereocenters. The quantitative estimate of drug-likeness (QED) is 0.694. The number of carbonyl (C=O) groups is 1. The van der Waals surface area contributed by atoms with Gasteiger partial charge >= 0.3 is 0 Å². The molecule has 1 amide bonds. The Morgan fingerprint density at radius 1 is 1.28 bits per heavy atom. The van der Waals surface area contributed by atoms with Gasteiger partial charge in [0.1, 0.15) is 11.5 Å². The van der Waals surface area contributed by atoms with Crippen LogP contribution < -0.4 is 5.32 Å². The molecule has 1 aliphatic heterocycles. The van der Waals surface area contributed by atoms with Gasteiger partial charge in [0.15, 0.2) is 0 Å². The minimum Gasteiger partial charge on any atom is -0.466 e. The highest BCUT2D eigenvalue weighted by Crippen LogP contribution is 2.21. The average Bonchev–Trinajstić information content (AvgIpc) is 2.91. The summed E-state index contributed by atoms with van der Waals surface area (Å²) in [5, 5.41) is 3.11. The molecular formula is C20H25IN2O2. The lowest BCUT2D eigenvalue weighted by Gasteiger charge is -2.31. The van der Waals surface area contributed by atoms with E-state index in [9.17, 15) is 4.79 Å². The third kappa shape index (κ3) is 4.85. The first-order valence-electron chi connectivity index (χ1n) is 8.84. The predicted octanol–water partition coefficient (Wildman–Crippen LogP) is 4.14. The molecule has 1 fully saturated rings. The van der Waals surface area contributed by atoms with Crippen LogP contribution >= 0.6 is 22.6 Å². The van der Waals surface area contributed by atoms with E-state index in [4.69, 9.17) is 4.42 Å². The van der Waals surface area contributed by atoms with E-state index in [-0.39, 0.29) is 5.91 Å². The van der Waals surface area contributed by atoms with Crippen molar-refractivity contribution in [3.8, 4) is 0 Å². The summed E-state index contributed by atoms with van der Waals surface area (Å²) in [6, 6.07) is 9.86. The number of furan rings is 1. The molecule has 0 aliphatic carbocycles. The van der Waals surface area contributed by atoms with Crippen LogP contribution in [0.1, 0.15) is 40.3 Å². The summed E-state index contributed by atoms with van der Waals surface area (Å²) >= 11 is 2.21. The Balaban J connectivity index is 1.44. The number of piperidine rings is 1. The number of aryl methyl sites for hydroxylation is 2. The van der Waals surface area contributed by atoms with Crippen LogP contribution in [0.4, 0.5) is 0 Å². The van der Waals surface area contributed by atoms with Crippen LogP contribution in [0.2, 0.25) is 0 Å². The van der Waals surface area contributed by atoms with Crippen LogP contribution in [0.25, 0.3) is 0 Å². The number of hydrogen-bond donors (Lipinski definition) is 1. The Hall–Kier alpha value is -1.34. The van der Waals surface area contributed by atoms with Gasteiger partial charge in [-0.05, 0) is 86.5 Å². The maximum atomic E-state index is 12.3. The molecule has 0 atom stereocenters. The summed E-state index contributed by atoms with van der Waals surface area (Å²) in [5.41, 5.74) is 2.06. The zero-order valence-corrected chi connectivity index (χ0v) is 17.0. The van der Waals surface area contributed by atoms with E-state index in [0.717, 1.165) is 59.7 Å². The monoisotopic (exact) mass is 452 g/mol. The first kappa shape index (κ1) is 18.5. The molecule has 1 aliphatic rings. The number of nitrogens with zero attached hydrogens (tertiary/aromatic N) is 1. The highest BCUT2D eigenvalue weighted by molar-refractivity contribution is 14.1. The van der Waals surface area contributed by atoms with Crippen molar-refractivity contribution in [2.75, 3.05) is 19.6 Å². The van der Waals surface area contributed by atoms with Crippen LogP contribution in [0, 0.1) is 23.3 Å². The van der Waals surface area contributed by atoms with E-state index in [1.165, 1.54) is 5.56 Å². The number of carbonyl (C=O) groups excluding carboxylic acids is 1. The Morgan fingerprint density at radius 2 is 2.00 bits per heavy atom. The number of halogens is 1. The SMILES string of the molecule is Cc1cc(CN2CCC(CNC(=O)c3ccccc3I)CC2)c(C)o1. The fourth-order valence-corrected chi connectivity index (χ4v) is 4.04. The summed E-state index contributed by atoms with van der Waals surface area (Å²) in [4.78, 5) is 14.8. The molecule has 1 saturated heterocycles. The molecule has 0 spiro atoms. The van der Waals surface area contributed by atoms with E-state index >= 15 is 0 Å². The number of hydrogen-bond acceptors (Lipinski definition) is 3. The van der Waals surface area contributed by atoms with E-state index in [2.05, 4.69) is 38.9 Å². The van der Waals surface area contributed by atoms with Gasteiger partial charge in [-0.15, -0.1) is 0 Å². The van der Waals surface area contributed by atoms with Crippen LogP contribution in [-0.2, 0) is 6.54 Å².